The van der Waals surface area contributed by atoms with Crippen LogP contribution in [0.15, 0.2) is 42.5 Å². The van der Waals surface area contributed by atoms with E-state index in [9.17, 15) is 0 Å². The van der Waals surface area contributed by atoms with E-state index in [4.69, 9.17) is 26.3 Å². The lowest BCUT2D eigenvalue weighted by atomic mass is 10.1. The van der Waals surface area contributed by atoms with E-state index in [1.807, 2.05) is 42.5 Å². The lowest BCUT2D eigenvalue weighted by Crippen LogP contribution is -2.20. The highest BCUT2D eigenvalue weighted by molar-refractivity contribution is 6.33. The topological polar surface area (TPSA) is 38.3 Å². The van der Waals surface area contributed by atoms with Gasteiger partial charge in [-0.1, -0.05) is 23.7 Å². The fourth-order valence-corrected chi connectivity index (χ4v) is 3.37. The third kappa shape index (κ3) is 2.67. The summed E-state index contributed by atoms with van der Waals surface area (Å²) in [6.07, 6.45) is 2.38. The van der Waals surface area contributed by atoms with Gasteiger partial charge in [-0.05, 0) is 43.2 Å². The van der Waals surface area contributed by atoms with Crippen molar-refractivity contribution in [3.05, 3.63) is 47.5 Å². The normalized spacial score (nSPS) is 14.3. The Kier molecular flexibility index (Phi) is 3.98. The number of aromatic nitrogens is 2. The predicted octanol–water partition coefficient (Wildman–Crippen LogP) is 4.56. The van der Waals surface area contributed by atoms with Crippen LogP contribution in [0.25, 0.3) is 22.3 Å². The molecule has 2 heterocycles. The smallest absolute Gasteiger partial charge is 0.163 e. The highest BCUT2D eigenvalue weighted by Crippen LogP contribution is 2.33. The average Bonchev–Trinajstić information content (AvgIpc) is 3.15. The molecule has 4 rings (SSSR count). The monoisotopic (exact) mass is 339 g/mol. The van der Waals surface area contributed by atoms with Crippen molar-refractivity contribution < 1.29 is 4.74 Å². The minimum absolute atomic E-state index is 0.665. The maximum absolute atomic E-state index is 6.36. The van der Waals surface area contributed by atoms with Gasteiger partial charge in [-0.15, -0.1) is 0 Å². The summed E-state index contributed by atoms with van der Waals surface area (Å²) < 4.78 is 5.38. The Bertz CT molecular complexity index is 891. The molecule has 0 amide bonds. The summed E-state index contributed by atoms with van der Waals surface area (Å²) in [5, 5.41) is 1.68. The molecule has 1 aromatic heterocycles. The molecule has 1 aliphatic heterocycles. The largest absolute Gasteiger partial charge is 0.497 e. The molecule has 0 atom stereocenters. The molecule has 122 valence electrons. The lowest BCUT2D eigenvalue weighted by molar-refractivity contribution is 0.415. The average molecular weight is 340 g/mol. The van der Waals surface area contributed by atoms with Crippen LogP contribution in [0.1, 0.15) is 12.8 Å². The van der Waals surface area contributed by atoms with Crippen molar-refractivity contribution in [2.75, 3.05) is 25.1 Å². The van der Waals surface area contributed by atoms with Gasteiger partial charge in [-0.25, -0.2) is 9.97 Å². The van der Waals surface area contributed by atoms with E-state index in [0.29, 0.717) is 10.8 Å². The zero-order chi connectivity index (χ0) is 16.5. The minimum Gasteiger partial charge on any atom is -0.497 e. The highest BCUT2D eigenvalue weighted by Gasteiger charge is 2.19. The summed E-state index contributed by atoms with van der Waals surface area (Å²) in [7, 11) is 1.68. The Hall–Kier alpha value is -2.33. The molecular weight excluding hydrogens is 322 g/mol. The Morgan fingerprint density at radius 2 is 1.83 bits per heavy atom. The van der Waals surface area contributed by atoms with Gasteiger partial charge in [0.15, 0.2) is 5.82 Å². The number of rotatable bonds is 3. The first-order valence-electron chi connectivity index (χ1n) is 8.12. The summed E-state index contributed by atoms with van der Waals surface area (Å²) >= 11 is 6.36. The second-order valence-corrected chi connectivity index (χ2v) is 6.34. The summed E-state index contributed by atoms with van der Waals surface area (Å²) in [6.45, 7) is 2.04. The van der Waals surface area contributed by atoms with Crippen molar-refractivity contribution in [3.63, 3.8) is 0 Å². The van der Waals surface area contributed by atoms with Gasteiger partial charge in [0.25, 0.3) is 0 Å². The van der Waals surface area contributed by atoms with Crippen LogP contribution < -0.4 is 9.64 Å². The molecule has 0 bridgehead atoms. The first-order chi connectivity index (χ1) is 11.8. The van der Waals surface area contributed by atoms with Crippen LogP contribution >= 0.6 is 11.6 Å². The van der Waals surface area contributed by atoms with E-state index in [0.717, 1.165) is 41.1 Å². The number of hydrogen-bond donors (Lipinski definition) is 0. The van der Waals surface area contributed by atoms with E-state index < -0.39 is 0 Å². The summed E-state index contributed by atoms with van der Waals surface area (Å²) in [4.78, 5) is 11.9. The number of hydrogen-bond acceptors (Lipinski definition) is 4. The third-order valence-corrected chi connectivity index (χ3v) is 4.73. The van der Waals surface area contributed by atoms with Crippen LogP contribution in [-0.2, 0) is 0 Å². The van der Waals surface area contributed by atoms with Gasteiger partial charge in [0.2, 0.25) is 0 Å². The number of ether oxygens (including phenoxy) is 1. The molecule has 3 aromatic rings. The fraction of sp³-hybridized carbons (Fsp3) is 0.263. The number of anilines is 1. The number of fused-ring (bicyclic) bond motifs is 1. The van der Waals surface area contributed by atoms with Crippen molar-refractivity contribution in [1.82, 2.24) is 9.97 Å². The van der Waals surface area contributed by atoms with E-state index in [-0.39, 0.29) is 0 Å². The van der Waals surface area contributed by atoms with Gasteiger partial charge in [0.05, 0.1) is 17.6 Å². The molecule has 24 heavy (non-hydrogen) atoms. The van der Waals surface area contributed by atoms with Crippen LogP contribution in [0.5, 0.6) is 5.75 Å². The zero-order valence-electron chi connectivity index (χ0n) is 13.5. The fourth-order valence-electron chi connectivity index (χ4n) is 3.15. The first kappa shape index (κ1) is 15.2. The van der Waals surface area contributed by atoms with Crippen LogP contribution in [0.4, 0.5) is 5.82 Å². The molecule has 0 N–H and O–H groups in total. The Morgan fingerprint density at radius 1 is 1.04 bits per heavy atom. The van der Waals surface area contributed by atoms with Gasteiger partial charge in [0.1, 0.15) is 11.6 Å². The van der Waals surface area contributed by atoms with Crippen molar-refractivity contribution in [2.45, 2.75) is 12.8 Å². The van der Waals surface area contributed by atoms with Crippen molar-refractivity contribution in [3.8, 4) is 17.1 Å². The number of methoxy groups -OCH3 is 1. The van der Waals surface area contributed by atoms with Gasteiger partial charge < -0.3 is 9.64 Å². The van der Waals surface area contributed by atoms with Gasteiger partial charge in [-0.2, -0.15) is 0 Å². The van der Waals surface area contributed by atoms with E-state index in [1.54, 1.807) is 7.11 Å². The first-order valence-corrected chi connectivity index (χ1v) is 8.50. The number of nitrogens with zero attached hydrogens (tertiary/aromatic N) is 3. The standard InChI is InChI=1S/C19H18ClN3O/c1-24-13-8-9-17-15(12-13)19(23-10-4-5-11-23)22-18(21-17)14-6-2-3-7-16(14)20/h2-3,6-9,12H,4-5,10-11H2,1H3. The summed E-state index contributed by atoms with van der Waals surface area (Å²) in [5.41, 5.74) is 1.76. The molecule has 1 saturated heterocycles. The number of benzene rings is 2. The Labute approximate surface area is 146 Å². The molecule has 5 heteroatoms. The van der Waals surface area contributed by atoms with Crippen LogP contribution in [0.3, 0.4) is 0 Å². The quantitative estimate of drug-likeness (QED) is 0.701. The van der Waals surface area contributed by atoms with Crippen molar-refractivity contribution >= 4 is 28.3 Å². The molecule has 0 spiro atoms. The molecule has 0 radical (unpaired) electrons. The summed E-state index contributed by atoms with van der Waals surface area (Å²) in [5.74, 6) is 2.45. The van der Waals surface area contributed by atoms with Crippen LogP contribution in [0.2, 0.25) is 5.02 Å². The Morgan fingerprint density at radius 3 is 2.58 bits per heavy atom. The van der Waals surface area contributed by atoms with E-state index in [2.05, 4.69) is 4.90 Å². The van der Waals surface area contributed by atoms with Crippen molar-refractivity contribution in [2.24, 2.45) is 0 Å². The maximum Gasteiger partial charge on any atom is 0.163 e. The predicted molar refractivity (Wildman–Crippen MR) is 98.0 cm³/mol. The third-order valence-electron chi connectivity index (χ3n) is 4.40. The van der Waals surface area contributed by atoms with E-state index in [1.165, 1.54) is 12.8 Å². The van der Waals surface area contributed by atoms with Gasteiger partial charge in [0, 0.05) is 24.0 Å². The molecule has 1 aliphatic rings. The SMILES string of the molecule is COc1ccc2nc(-c3ccccc3Cl)nc(N3CCCC3)c2c1. The maximum atomic E-state index is 6.36. The van der Waals surface area contributed by atoms with E-state index >= 15 is 0 Å². The minimum atomic E-state index is 0.665. The van der Waals surface area contributed by atoms with Gasteiger partial charge >= 0.3 is 0 Å². The lowest BCUT2D eigenvalue weighted by Gasteiger charge is -2.20. The molecule has 4 nitrogen and oxygen atoms in total. The molecule has 2 aromatic carbocycles. The van der Waals surface area contributed by atoms with Crippen molar-refractivity contribution in [1.29, 1.82) is 0 Å². The molecular formula is C19H18ClN3O. The second kappa shape index (κ2) is 6.29. The van der Waals surface area contributed by atoms with Gasteiger partial charge in [-0.3, -0.25) is 0 Å². The zero-order valence-corrected chi connectivity index (χ0v) is 14.3. The molecule has 1 fully saturated rings. The number of halogens is 1. The molecule has 0 saturated carbocycles. The second-order valence-electron chi connectivity index (χ2n) is 5.93. The van der Waals surface area contributed by atoms with Crippen LogP contribution in [0, 0.1) is 0 Å². The van der Waals surface area contributed by atoms with Crippen LogP contribution in [-0.4, -0.2) is 30.2 Å². The Balaban J connectivity index is 1.95. The highest BCUT2D eigenvalue weighted by atomic mass is 35.5. The molecule has 0 unspecified atom stereocenters. The molecule has 0 aliphatic carbocycles. The summed E-state index contributed by atoms with van der Waals surface area (Å²) in [6, 6.07) is 13.6.